The standard InChI is InChI=1S/C15H22N2O2/c1-2-14(18)17-11-12-8-9-16-15(10-12)19-13-6-4-3-5-7-13/h8-10,13H,2-7,11H2,1H3,(H,17,18). The number of nitrogens with one attached hydrogen (secondary N) is 1. The van der Waals surface area contributed by atoms with Crippen molar-refractivity contribution < 1.29 is 9.53 Å². The van der Waals surface area contributed by atoms with Crippen LogP contribution < -0.4 is 10.1 Å². The van der Waals surface area contributed by atoms with Crippen LogP contribution in [0.4, 0.5) is 0 Å². The summed E-state index contributed by atoms with van der Waals surface area (Å²) in [6.07, 6.45) is 8.62. The summed E-state index contributed by atoms with van der Waals surface area (Å²) >= 11 is 0. The van der Waals surface area contributed by atoms with Gasteiger partial charge in [-0.2, -0.15) is 0 Å². The quantitative estimate of drug-likeness (QED) is 0.887. The van der Waals surface area contributed by atoms with Crippen molar-refractivity contribution in [2.75, 3.05) is 0 Å². The molecule has 0 aliphatic heterocycles. The molecule has 19 heavy (non-hydrogen) atoms. The summed E-state index contributed by atoms with van der Waals surface area (Å²) in [6, 6.07) is 3.83. The summed E-state index contributed by atoms with van der Waals surface area (Å²) < 4.78 is 5.91. The van der Waals surface area contributed by atoms with Gasteiger partial charge in [0.15, 0.2) is 0 Å². The van der Waals surface area contributed by atoms with E-state index < -0.39 is 0 Å². The Hall–Kier alpha value is -1.58. The number of carbonyl (C=O) groups is 1. The average molecular weight is 262 g/mol. The van der Waals surface area contributed by atoms with Crippen molar-refractivity contribution in [2.24, 2.45) is 0 Å². The molecule has 0 radical (unpaired) electrons. The number of aromatic nitrogens is 1. The first-order valence-corrected chi connectivity index (χ1v) is 7.16. The molecule has 1 amide bonds. The Balaban J connectivity index is 1.88. The molecule has 2 rings (SSSR count). The van der Waals surface area contributed by atoms with Crippen molar-refractivity contribution in [1.29, 1.82) is 0 Å². The second-order valence-corrected chi connectivity index (χ2v) is 5.01. The van der Waals surface area contributed by atoms with Crippen LogP contribution in [0.25, 0.3) is 0 Å². The molecule has 1 saturated carbocycles. The smallest absolute Gasteiger partial charge is 0.219 e. The van der Waals surface area contributed by atoms with Gasteiger partial charge in [-0.15, -0.1) is 0 Å². The molecule has 0 unspecified atom stereocenters. The van der Waals surface area contributed by atoms with E-state index in [1.165, 1.54) is 19.3 Å². The van der Waals surface area contributed by atoms with Gasteiger partial charge in [-0.3, -0.25) is 4.79 Å². The van der Waals surface area contributed by atoms with Gasteiger partial charge < -0.3 is 10.1 Å². The molecular weight excluding hydrogens is 240 g/mol. The SMILES string of the molecule is CCC(=O)NCc1ccnc(OC2CCCCC2)c1. The molecule has 104 valence electrons. The minimum absolute atomic E-state index is 0.0616. The first-order chi connectivity index (χ1) is 9.28. The highest BCUT2D eigenvalue weighted by Gasteiger charge is 2.15. The minimum atomic E-state index is 0.0616. The van der Waals surface area contributed by atoms with Crippen LogP contribution >= 0.6 is 0 Å². The molecule has 0 bridgehead atoms. The number of amides is 1. The monoisotopic (exact) mass is 262 g/mol. The van der Waals surface area contributed by atoms with E-state index >= 15 is 0 Å². The van der Waals surface area contributed by atoms with E-state index in [0.717, 1.165) is 18.4 Å². The number of ether oxygens (including phenoxy) is 1. The molecule has 1 aromatic heterocycles. The van der Waals surface area contributed by atoms with Crippen LogP contribution in [-0.2, 0) is 11.3 Å². The number of hydrogen-bond donors (Lipinski definition) is 1. The summed E-state index contributed by atoms with van der Waals surface area (Å²) in [5.41, 5.74) is 1.03. The lowest BCUT2D eigenvalue weighted by atomic mass is 9.98. The maximum absolute atomic E-state index is 11.2. The van der Waals surface area contributed by atoms with E-state index in [9.17, 15) is 4.79 Å². The lowest BCUT2D eigenvalue weighted by Gasteiger charge is -2.22. The summed E-state index contributed by atoms with van der Waals surface area (Å²) in [5, 5.41) is 2.86. The molecule has 0 spiro atoms. The predicted octanol–water partition coefficient (Wildman–Crippen LogP) is 2.82. The zero-order valence-corrected chi connectivity index (χ0v) is 11.5. The van der Waals surface area contributed by atoms with Crippen molar-refractivity contribution in [1.82, 2.24) is 10.3 Å². The Morgan fingerprint density at radius 1 is 1.42 bits per heavy atom. The van der Waals surface area contributed by atoms with Crippen LogP contribution in [0.1, 0.15) is 51.0 Å². The van der Waals surface area contributed by atoms with Gasteiger partial charge in [0.25, 0.3) is 0 Å². The molecule has 1 aliphatic rings. The lowest BCUT2D eigenvalue weighted by Crippen LogP contribution is -2.22. The van der Waals surface area contributed by atoms with Crippen molar-refractivity contribution >= 4 is 5.91 Å². The van der Waals surface area contributed by atoms with Crippen LogP contribution in [0, 0.1) is 0 Å². The molecule has 0 atom stereocenters. The van der Waals surface area contributed by atoms with Gasteiger partial charge >= 0.3 is 0 Å². The normalized spacial score (nSPS) is 16.1. The third-order valence-corrected chi connectivity index (χ3v) is 3.45. The maximum Gasteiger partial charge on any atom is 0.219 e. The van der Waals surface area contributed by atoms with E-state index in [-0.39, 0.29) is 5.91 Å². The maximum atomic E-state index is 11.2. The summed E-state index contributed by atoms with van der Waals surface area (Å²) in [4.78, 5) is 15.5. The predicted molar refractivity (Wildman–Crippen MR) is 73.9 cm³/mol. The molecule has 1 aliphatic carbocycles. The van der Waals surface area contributed by atoms with Gasteiger partial charge in [-0.05, 0) is 37.3 Å². The number of rotatable bonds is 5. The summed E-state index contributed by atoms with van der Waals surface area (Å²) in [7, 11) is 0. The zero-order valence-electron chi connectivity index (χ0n) is 11.5. The largest absolute Gasteiger partial charge is 0.474 e. The van der Waals surface area contributed by atoms with Crippen molar-refractivity contribution in [3.63, 3.8) is 0 Å². The average Bonchev–Trinajstić information content (AvgIpc) is 2.46. The summed E-state index contributed by atoms with van der Waals surface area (Å²) in [5.74, 6) is 0.738. The van der Waals surface area contributed by atoms with Crippen LogP contribution in [0.3, 0.4) is 0 Å². The van der Waals surface area contributed by atoms with E-state index in [4.69, 9.17) is 4.74 Å². The number of pyridine rings is 1. The Kier molecular flexibility index (Phi) is 5.19. The Labute approximate surface area is 114 Å². The van der Waals surface area contributed by atoms with Crippen molar-refractivity contribution in [2.45, 2.75) is 58.1 Å². The number of hydrogen-bond acceptors (Lipinski definition) is 3. The van der Waals surface area contributed by atoms with Crippen LogP contribution in [0.2, 0.25) is 0 Å². The van der Waals surface area contributed by atoms with E-state index in [1.807, 2.05) is 19.1 Å². The number of carbonyl (C=O) groups excluding carboxylic acids is 1. The molecule has 1 aromatic rings. The molecule has 0 saturated heterocycles. The van der Waals surface area contributed by atoms with Gasteiger partial charge in [0.1, 0.15) is 6.10 Å². The van der Waals surface area contributed by atoms with Gasteiger partial charge in [0, 0.05) is 25.2 Å². The number of nitrogens with zero attached hydrogens (tertiary/aromatic N) is 1. The van der Waals surface area contributed by atoms with Gasteiger partial charge in [0.2, 0.25) is 11.8 Å². The topological polar surface area (TPSA) is 51.2 Å². The van der Waals surface area contributed by atoms with Crippen molar-refractivity contribution in [3.8, 4) is 5.88 Å². The van der Waals surface area contributed by atoms with Crippen LogP contribution in [0.5, 0.6) is 5.88 Å². The van der Waals surface area contributed by atoms with Gasteiger partial charge in [0.05, 0.1) is 0 Å². The third kappa shape index (κ3) is 4.54. The fourth-order valence-electron chi connectivity index (χ4n) is 2.30. The van der Waals surface area contributed by atoms with Crippen LogP contribution in [0.15, 0.2) is 18.3 Å². The first kappa shape index (κ1) is 13.8. The molecule has 1 N–H and O–H groups in total. The van der Waals surface area contributed by atoms with Gasteiger partial charge in [-0.1, -0.05) is 13.3 Å². The highest BCUT2D eigenvalue weighted by molar-refractivity contribution is 5.75. The highest BCUT2D eigenvalue weighted by atomic mass is 16.5. The summed E-state index contributed by atoms with van der Waals surface area (Å²) in [6.45, 7) is 2.38. The third-order valence-electron chi connectivity index (χ3n) is 3.45. The molecule has 0 aromatic carbocycles. The second kappa shape index (κ2) is 7.12. The molecule has 1 fully saturated rings. The zero-order chi connectivity index (χ0) is 13.5. The Morgan fingerprint density at radius 2 is 2.21 bits per heavy atom. The Morgan fingerprint density at radius 3 is 2.95 bits per heavy atom. The second-order valence-electron chi connectivity index (χ2n) is 5.01. The highest BCUT2D eigenvalue weighted by Crippen LogP contribution is 2.22. The minimum Gasteiger partial charge on any atom is -0.474 e. The molecule has 4 nitrogen and oxygen atoms in total. The molecule has 4 heteroatoms. The lowest BCUT2D eigenvalue weighted by molar-refractivity contribution is -0.120. The van der Waals surface area contributed by atoms with E-state index in [1.54, 1.807) is 6.20 Å². The molecule has 1 heterocycles. The van der Waals surface area contributed by atoms with E-state index in [0.29, 0.717) is 24.9 Å². The Bertz CT molecular complexity index is 414. The van der Waals surface area contributed by atoms with Crippen molar-refractivity contribution in [3.05, 3.63) is 23.9 Å². The van der Waals surface area contributed by atoms with Crippen LogP contribution in [-0.4, -0.2) is 17.0 Å². The first-order valence-electron chi connectivity index (χ1n) is 7.16. The fraction of sp³-hybridized carbons (Fsp3) is 0.600. The molecular formula is C15H22N2O2. The van der Waals surface area contributed by atoms with E-state index in [2.05, 4.69) is 10.3 Å². The fourth-order valence-corrected chi connectivity index (χ4v) is 2.30. The van der Waals surface area contributed by atoms with Gasteiger partial charge in [-0.25, -0.2) is 4.98 Å².